The van der Waals surface area contributed by atoms with E-state index in [1.807, 2.05) is 0 Å². The van der Waals surface area contributed by atoms with Crippen LogP contribution >= 0.6 is 23.2 Å². The predicted molar refractivity (Wildman–Crippen MR) is 96.0 cm³/mol. The van der Waals surface area contributed by atoms with Crippen LogP contribution < -0.4 is 5.32 Å². The maximum atomic E-state index is 12.9. The lowest BCUT2D eigenvalue weighted by Crippen LogP contribution is -2.40. The Kier molecular flexibility index (Phi) is 4.60. The van der Waals surface area contributed by atoms with Crippen molar-refractivity contribution in [2.75, 3.05) is 0 Å². The number of nitrogens with zero attached hydrogens (tertiary/aromatic N) is 2. The minimum Gasteiger partial charge on any atom is -0.319 e. The summed E-state index contributed by atoms with van der Waals surface area (Å²) in [5.74, 6) is -0.456. The molecule has 0 saturated carbocycles. The molecule has 1 saturated heterocycles. The van der Waals surface area contributed by atoms with E-state index in [0.717, 1.165) is 4.90 Å². The second kappa shape index (κ2) is 6.59. The van der Waals surface area contributed by atoms with E-state index in [0.29, 0.717) is 21.2 Å². The van der Waals surface area contributed by atoms with Crippen LogP contribution in [0.15, 0.2) is 42.5 Å². The molecule has 3 amide bonds. The first-order valence-electron chi connectivity index (χ1n) is 7.55. The molecule has 1 N–H and O–H groups in total. The first-order valence-corrected chi connectivity index (χ1v) is 8.31. The van der Waals surface area contributed by atoms with E-state index in [4.69, 9.17) is 23.2 Å². The zero-order valence-electron chi connectivity index (χ0n) is 13.5. The van der Waals surface area contributed by atoms with E-state index >= 15 is 0 Å². The van der Waals surface area contributed by atoms with Gasteiger partial charge in [-0.3, -0.25) is 19.8 Å². The van der Waals surface area contributed by atoms with E-state index in [1.165, 1.54) is 24.3 Å². The number of non-ortho nitro benzene ring substituents is 1. The molecule has 3 rings (SSSR count). The normalized spacial score (nSPS) is 19.6. The zero-order chi connectivity index (χ0) is 19.1. The number of amides is 3. The molecule has 0 aliphatic carbocycles. The monoisotopic (exact) mass is 393 g/mol. The van der Waals surface area contributed by atoms with Crippen LogP contribution in [0.4, 0.5) is 10.5 Å². The SMILES string of the molecule is C[C@@]1(c2ccc([N+](=O)[O-])cc2)NC(=O)N(Cc2ccc(Cl)c(Cl)c2)C1=O. The number of halogens is 2. The number of nitrogens with one attached hydrogen (secondary N) is 1. The number of urea groups is 1. The minimum absolute atomic E-state index is 0.0319. The van der Waals surface area contributed by atoms with Gasteiger partial charge in [0, 0.05) is 12.1 Å². The van der Waals surface area contributed by atoms with Gasteiger partial charge in [0.15, 0.2) is 0 Å². The molecular weight excluding hydrogens is 381 g/mol. The van der Waals surface area contributed by atoms with Gasteiger partial charge in [-0.2, -0.15) is 0 Å². The van der Waals surface area contributed by atoms with Gasteiger partial charge in [0.25, 0.3) is 11.6 Å². The van der Waals surface area contributed by atoms with Gasteiger partial charge in [-0.15, -0.1) is 0 Å². The van der Waals surface area contributed by atoms with Crippen molar-refractivity contribution >= 4 is 40.8 Å². The van der Waals surface area contributed by atoms with E-state index in [9.17, 15) is 19.7 Å². The highest BCUT2D eigenvalue weighted by Gasteiger charge is 2.49. The average Bonchev–Trinajstić information content (AvgIpc) is 2.82. The standard InChI is InChI=1S/C17H13Cl2N3O4/c1-17(11-3-5-12(6-4-11)22(25)26)15(23)21(16(24)20-17)9-10-2-7-13(18)14(19)8-10/h2-8H,9H2,1H3,(H,20,24)/t17-/m0/s1. The number of carbonyl (C=O) groups is 2. The molecule has 2 aromatic carbocycles. The smallest absolute Gasteiger partial charge is 0.319 e. The number of hydrogen-bond acceptors (Lipinski definition) is 4. The molecule has 9 heteroatoms. The molecule has 0 bridgehead atoms. The molecule has 1 fully saturated rings. The summed E-state index contributed by atoms with van der Waals surface area (Å²) in [6.07, 6.45) is 0. The summed E-state index contributed by atoms with van der Waals surface area (Å²) in [7, 11) is 0. The second-order valence-corrected chi connectivity index (χ2v) is 6.81. The summed E-state index contributed by atoms with van der Waals surface area (Å²) < 4.78 is 0. The van der Waals surface area contributed by atoms with Crippen LogP contribution in [0.1, 0.15) is 18.1 Å². The lowest BCUT2D eigenvalue weighted by molar-refractivity contribution is -0.384. The van der Waals surface area contributed by atoms with Crippen LogP contribution in [-0.4, -0.2) is 21.8 Å². The second-order valence-electron chi connectivity index (χ2n) is 6.00. The van der Waals surface area contributed by atoms with Gasteiger partial charge in [-0.05, 0) is 42.3 Å². The Labute approximate surface area is 158 Å². The van der Waals surface area contributed by atoms with Gasteiger partial charge in [-0.25, -0.2) is 4.79 Å². The molecule has 2 aromatic rings. The van der Waals surface area contributed by atoms with Crippen molar-refractivity contribution in [2.45, 2.75) is 19.0 Å². The van der Waals surface area contributed by atoms with Crippen LogP contribution in [0.2, 0.25) is 10.0 Å². The molecule has 134 valence electrons. The highest BCUT2D eigenvalue weighted by atomic mass is 35.5. The molecule has 1 heterocycles. The van der Waals surface area contributed by atoms with Gasteiger partial charge in [-0.1, -0.05) is 29.3 Å². The maximum absolute atomic E-state index is 12.9. The summed E-state index contributed by atoms with van der Waals surface area (Å²) in [4.78, 5) is 36.5. The summed E-state index contributed by atoms with van der Waals surface area (Å²) in [6, 6.07) is 9.80. The van der Waals surface area contributed by atoms with Crippen LogP contribution in [0.3, 0.4) is 0 Å². The van der Waals surface area contributed by atoms with Crippen LogP contribution in [0.25, 0.3) is 0 Å². The Morgan fingerprint density at radius 3 is 2.35 bits per heavy atom. The van der Waals surface area contributed by atoms with Crippen molar-refractivity contribution in [3.63, 3.8) is 0 Å². The highest BCUT2D eigenvalue weighted by molar-refractivity contribution is 6.42. The number of hydrogen-bond donors (Lipinski definition) is 1. The van der Waals surface area contributed by atoms with Crippen molar-refractivity contribution in [1.29, 1.82) is 0 Å². The molecule has 1 aliphatic rings. The topological polar surface area (TPSA) is 92.6 Å². The molecule has 0 aromatic heterocycles. The van der Waals surface area contributed by atoms with E-state index in [-0.39, 0.29) is 12.2 Å². The summed E-state index contributed by atoms with van der Waals surface area (Å²) in [5, 5.41) is 14.1. The quantitative estimate of drug-likeness (QED) is 0.484. The number of nitro benzene ring substituents is 1. The Morgan fingerprint density at radius 2 is 1.77 bits per heavy atom. The number of imide groups is 1. The van der Waals surface area contributed by atoms with E-state index in [2.05, 4.69) is 5.32 Å². The predicted octanol–water partition coefficient (Wildman–Crippen LogP) is 3.87. The molecule has 0 radical (unpaired) electrons. The van der Waals surface area contributed by atoms with Crippen LogP contribution in [0, 0.1) is 10.1 Å². The fourth-order valence-corrected chi connectivity index (χ4v) is 3.09. The summed E-state index contributed by atoms with van der Waals surface area (Å²) in [5.41, 5.74) is -0.293. The largest absolute Gasteiger partial charge is 0.325 e. The first kappa shape index (κ1) is 18.2. The van der Waals surface area contributed by atoms with E-state index < -0.39 is 22.4 Å². The third-order valence-corrected chi connectivity index (χ3v) is 4.99. The zero-order valence-corrected chi connectivity index (χ0v) is 15.0. The minimum atomic E-state index is -1.30. The van der Waals surface area contributed by atoms with Gasteiger partial charge >= 0.3 is 6.03 Å². The lowest BCUT2D eigenvalue weighted by atomic mass is 9.92. The first-order chi connectivity index (χ1) is 12.2. The molecule has 0 spiro atoms. The maximum Gasteiger partial charge on any atom is 0.325 e. The third kappa shape index (κ3) is 3.11. The molecule has 7 nitrogen and oxygen atoms in total. The van der Waals surface area contributed by atoms with Gasteiger partial charge in [0.05, 0.1) is 21.5 Å². The fraction of sp³-hybridized carbons (Fsp3) is 0.176. The number of benzene rings is 2. The molecular formula is C17H13Cl2N3O4. The number of carbonyl (C=O) groups excluding carboxylic acids is 2. The van der Waals surface area contributed by atoms with Gasteiger partial charge in [0.2, 0.25) is 0 Å². The average molecular weight is 394 g/mol. The highest BCUT2D eigenvalue weighted by Crippen LogP contribution is 2.31. The molecule has 1 aliphatic heterocycles. The fourth-order valence-electron chi connectivity index (χ4n) is 2.77. The van der Waals surface area contributed by atoms with Crippen molar-refractivity contribution in [1.82, 2.24) is 10.2 Å². The Hall–Kier alpha value is -2.64. The summed E-state index contributed by atoms with van der Waals surface area (Å²) in [6.45, 7) is 1.59. The van der Waals surface area contributed by atoms with Crippen LogP contribution in [0.5, 0.6) is 0 Å². The van der Waals surface area contributed by atoms with Crippen molar-refractivity contribution in [3.8, 4) is 0 Å². The molecule has 26 heavy (non-hydrogen) atoms. The Morgan fingerprint density at radius 1 is 1.12 bits per heavy atom. The van der Waals surface area contributed by atoms with Crippen LogP contribution in [-0.2, 0) is 16.9 Å². The molecule has 1 atom stereocenters. The lowest BCUT2D eigenvalue weighted by Gasteiger charge is -2.22. The Balaban J connectivity index is 1.87. The van der Waals surface area contributed by atoms with E-state index in [1.54, 1.807) is 25.1 Å². The van der Waals surface area contributed by atoms with Crippen molar-refractivity contribution in [2.24, 2.45) is 0 Å². The summed E-state index contributed by atoms with van der Waals surface area (Å²) >= 11 is 11.8. The number of nitro groups is 1. The van der Waals surface area contributed by atoms with Crippen molar-refractivity contribution in [3.05, 3.63) is 73.8 Å². The molecule has 0 unspecified atom stereocenters. The van der Waals surface area contributed by atoms with Gasteiger partial charge in [0.1, 0.15) is 5.54 Å². The third-order valence-electron chi connectivity index (χ3n) is 4.26. The van der Waals surface area contributed by atoms with Crippen molar-refractivity contribution < 1.29 is 14.5 Å². The Bertz CT molecular complexity index is 917. The van der Waals surface area contributed by atoms with Gasteiger partial charge < -0.3 is 5.32 Å². The number of rotatable bonds is 4.